The molecule has 2 aromatic carbocycles. The molecule has 0 aliphatic rings. The lowest BCUT2D eigenvalue weighted by Gasteiger charge is -2.27. The number of benzene rings is 2. The van der Waals surface area contributed by atoms with Crippen LogP contribution in [0.3, 0.4) is 0 Å². The molecule has 1 unspecified atom stereocenters. The van der Waals surface area contributed by atoms with E-state index in [9.17, 15) is 4.39 Å². The minimum Gasteiger partial charge on any atom is -0.329 e. The van der Waals surface area contributed by atoms with Gasteiger partial charge in [0.15, 0.2) is 0 Å². The second-order valence-corrected chi connectivity index (χ2v) is 6.23. The molecule has 0 heterocycles. The van der Waals surface area contributed by atoms with Crippen molar-refractivity contribution in [1.82, 2.24) is 4.90 Å². The first-order chi connectivity index (χ1) is 10.0. The van der Waals surface area contributed by atoms with Crippen molar-refractivity contribution in [3.63, 3.8) is 0 Å². The van der Waals surface area contributed by atoms with Gasteiger partial charge in [-0.15, -0.1) is 0 Å². The van der Waals surface area contributed by atoms with Gasteiger partial charge in [-0.25, -0.2) is 4.39 Å². The van der Waals surface area contributed by atoms with E-state index in [2.05, 4.69) is 20.8 Å². The number of hydrogen-bond acceptors (Lipinski definition) is 2. The highest BCUT2D eigenvalue weighted by Gasteiger charge is 2.16. The molecule has 0 aliphatic heterocycles. The lowest BCUT2D eigenvalue weighted by Crippen LogP contribution is -2.30. The summed E-state index contributed by atoms with van der Waals surface area (Å²) in [4.78, 5) is 2.14. The van der Waals surface area contributed by atoms with Crippen LogP contribution in [0, 0.1) is 5.82 Å². The largest absolute Gasteiger partial charge is 0.329 e. The summed E-state index contributed by atoms with van der Waals surface area (Å²) in [5.41, 5.74) is 8.06. The molecule has 0 radical (unpaired) electrons. The normalized spacial score (nSPS) is 12.7. The van der Waals surface area contributed by atoms with Crippen LogP contribution in [0.4, 0.5) is 4.39 Å². The van der Waals surface area contributed by atoms with Gasteiger partial charge in [0.05, 0.1) is 5.02 Å². The van der Waals surface area contributed by atoms with E-state index in [1.54, 1.807) is 12.1 Å². The van der Waals surface area contributed by atoms with Crippen molar-refractivity contribution in [3.8, 4) is 0 Å². The number of likely N-dealkylation sites (N-methyl/N-ethyl adjacent to an activating group) is 1. The highest BCUT2D eigenvalue weighted by atomic mass is 79.9. The SMILES string of the molecule is CN(Cc1ccc(F)cc1)C(CN)c1ccc(Cl)c(Br)c1. The van der Waals surface area contributed by atoms with E-state index in [0.29, 0.717) is 18.1 Å². The van der Waals surface area contributed by atoms with Gasteiger partial charge in [0.1, 0.15) is 5.82 Å². The molecule has 2 aromatic rings. The van der Waals surface area contributed by atoms with Crippen LogP contribution in [0.15, 0.2) is 46.9 Å². The quantitative estimate of drug-likeness (QED) is 0.845. The Balaban J connectivity index is 2.15. The number of halogens is 3. The maximum Gasteiger partial charge on any atom is 0.123 e. The summed E-state index contributed by atoms with van der Waals surface area (Å²) in [7, 11) is 2.00. The average molecular weight is 372 g/mol. The van der Waals surface area contributed by atoms with Crippen molar-refractivity contribution >= 4 is 27.5 Å². The minimum absolute atomic E-state index is 0.0728. The molecule has 0 saturated heterocycles. The Hall–Kier alpha value is -0.940. The zero-order chi connectivity index (χ0) is 15.4. The second kappa shape index (κ2) is 7.36. The predicted molar refractivity (Wildman–Crippen MR) is 88.8 cm³/mol. The lowest BCUT2D eigenvalue weighted by molar-refractivity contribution is 0.241. The van der Waals surface area contributed by atoms with E-state index in [0.717, 1.165) is 15.6 Å². The molecule has 0 bridgehead atoms. The Kier molecular flexibility index (Phi) is 5.76. The van der Waals surface area contributed by atoms with Gasteiger partial charge >= 0.3 is 0 Å². The summed E-state index contributed by atoms with van der Waals surface area (Å²) in [6.07, 6.45) is 0. The van der Waals surface area contributed by atoms with Crippen molar-refractivity contribution in [1.29, 1.82) is 0 Å². The molecule has 112 valence electrons. The van der Waals surface area contributed by atoms with Crippen LogP contribution < -0.4 is 5.73 Å². The van der Waals surface area contributed by atoms with Crippen molar-refractivity contribution in [2.24, 2.45) is 5.73 Å². The van der Waals surface area contributed by atoms with E-state index in [1.165, 1.54) is 12.1 Å². The first-order valence-electron chi connectivity index (χ1n) is 6.61. The van der Waals surface area contributed by atoms with Gasteiger partial charge in [-0.05, 0) is 58.4 Å². The van der Waals surface area contributed by atoms with E-state index in [-0.39, 0.29) is 11.9 Å². The lowest BCUT2D eigenvalue weighted by atomic mass is 10.0. The second-order valence-electron chi connectivity index (χ2n) is 4.97. The zero-order valence-corrected chi connectivity index (χ0v) is 14.0. The molecule has 0 amide bonds. The Labute approximate surface area is 137 Å². The molecular formula is C16H17BrClFN2. The smallest absolute Gasteiger partial charge is 0.123 e. The van der Waals surface area contributed by atoms with E-state index >= 15 is 0 Å². The van der Waals surface area contributed by atoms with Gasteiger partial charge in [0.2, 0.25) is 0 Å². The monoisotopic (exact) mass is 370 g/mol. The van der Waals surface area contributed by atoms with Crippen LogP contribution >= 0.6 is 27.5 Å². The Bertz CT molecular complexity index is 604. The topological polar surface area (TPSA) is 29.3 Å². The predicted octanol–water partition coefficient (Wildman–Crippen LogP) is 4.37. The molecule has 0 aliphatic carbocycles. The van der Waals surface area contributed by atoms with Crippen molar-refractivity contribution in [2.45, 2.75) is 12.6 Å². The third kappa shape index (κ3) is 4.27. The fraction of sp³-hybridized carbons (Fsp3) is 0.250. The van der Waals surface area contributed by atoms with Gasteiger partial charge < -0.3 is 5.73 Å². The van der Waals surface area contributed by atoms with E-state index in [4.69, 9.17) is 17.3 Å². The van der Waals surface area contributed by atoms with Crippen LogP contribution in [0.5, 0.6) is 0 Å². The van der Waals surface area contributed by atoms with Crippen molar-refractivity contribution in [2.75, 3.05) is 13.6 Å². The Morgan fingerprint density at radius 2 is 1.90 bits per heavy atom. The summed E-state index contributed by atoms with van der Waals surface area (Å²) < 4.78 is 13.8. The summed E-state index contributed by atoms with van der Waals surface area (Å²) >= 11 is 9.46. The summed E-state index contributed by atoms with van der Waals surface area (Å²) in [6, 6.07) is 12.4. The number of hydrogen-bond donors (Lipinski definition) is 1. The molecule has 0 saturated carbocycles. The molecular weight excluding hydrogens is 355 g/mol. The molecule has 2 nitrogen and oxygen atoms in total. The molecule has 5 heteroatoms. The van der Waals surface area contributed by atoms with Gasteiger partial charge in [-0.2, -0.15) is 0 Å². The van der Waals surface area contributed by atoms with Crippen LogP contribution in [-0.2, 0) is 6.54 Å². The summed E-state index contributed by atoms with van der Waals surface area (Å²) in [5, 5.41) is 0.677. The molecule has 2 N–H and O–H groups in total. The summed E-state index contributed by atoms with van der Waals surface area (Å²) in [6.45, 7) is 1.19. The van der Waals surface area contributed by atoms with E-state index in [1.807, 2.05) is 25.2 Å². The third-order valence-corrected chi connectivity index (χ3v) is 4.64. The summed E-state index contributed by atoms with van der Waals surface area (Å²) in [5.74, 6) is -0.224. The average Bonchev–Trinajstić information content (AvgIpc) is 2.46. The van der Waals surface area contributed by atoms with Gasteiger partial charge in [0, 0.05) is 23.6 Å². The standard InChI is InChI=1S/C16H17BrClFN2/c1-21(10-11-2-5-13(19)6-3-11)16(9-20)12-4-7-15(18)14(17)8-12/h2-8,16H,9-10,20H2,1H3. The van der Waals surface area contributed by atoms with Gasteiger partial charge in [-0.1, -0.05) is 29.8 Å². The number of rotatable bonds is 5. The van der Waals surface area contributed by atoms with Crippen LogP contribution in [0.25, 0.3) is 0 Å². The fourth-order valence-electron chi connectivity index (χ4n) is 2.28. The van der Waals surface area contributed by atoms with Crippen LogP contribution in [0.2, 0.25) is 5.02 Å². The van der Waals surface area contributed by atoms with Gasteiger partial charge in [-0.3, -0.25) is 4.90 Å². The first kappa shape index (κ1) is 16.4. The Morgan fingerprint density at radius 1 is 1.24 bits per heavy atom. The molecule has 1 atom stereocenters. The maximum atomic E-state index is 12.9. The molecule has 2 rings (SSSR count). The van der Waals surface area contributed by atoms with Crippen molar-refractivity contribution < 1.29 is 4.39 Å². The van der Waals surface area contributed by atoms with Crippen LogP contribution in [0.1, 0.15) is 17.2 Å². The van der Waals surface area contributed by atoms with Gasteiger partial charge in [0.25, 0.3) is 0 Å². The van der Waals surface area contributed by atoms with Crippen molar-refractivity contribution in [3.05, 3.63) is 68.9 Å². The van der Waals surface area contributed by atoms with Crippen LogP contribution in [-0.4, -0.2) is 18.5 Å². The molecule has 21 heavy (non-hydrogen) atoms. The molecule has 0 spiro atoms. The maximum absolute atomic E-state index is 12.9. The molecule has 0 fully saturated rings. The first-order valence-corrected chi connectivity index (χ1v) is 7.78. The Morgan fingerprint density at radius 3 is 2.48 bits per heavy atom. The highest BCUT2D eigenvalue weighted by Crippen LogP contribution is 2.28. The number of nitrogens with zero attached hydrogens (tertiary/aromatic N) is 1. The molecule has 0 aromatic heterocycles. The third-order valence-electron chi connectivity index (χ3n) is 3.43. The number of nitrogens with two attached hydrogens (primary N) is 1. The van der Waals surface area contributed by atoms with E-state index < -0.39 is 0 Å². The highest BCUT2D eigenvalue weighted by molar-refractivity contribution is 9.10. The fourth-order valence-corrected chi connectivity index (χ4v) is 2.79. The minimum atomic E-state index is -0.224. The zero-order valence-electron chi connectivity index (χ0n) is 11.7.